The van der Waals surface area contributed by atoms with Crippen molar-refractivity contribution < 1.29 is 0 Å². The van der Waals surface area contributed by atoms with Crippen molar-refractivity contribution in [1.82, 2.24) is 10.2 Å². The van der Waals surface area contributed by atoms with Crippen LogP contribution < -0.4 is 5.32 Å². The Kier molecular flexibility index (Phi) is 1.68. The minimum absolute atomic E-state index is 1.01. The van der Waals surface area contributed by atoms with Gasteiger partial charge in [-0.2, -0.15) is 0 Å². The van der Waals surface area contributed by atoms with Crippen molar-refractivity contribution >= 4 is 0 Å². The number of hydrogen-bond acceptors (Lipinski definition) is 1. The minimum Gasteiger partial charge on any atom is -0.353 e. The van der Waals surface area contributed by atoms with E-state index in [0.717, 1.165) is 25.3 Å². The molecule has 2 nitrogen and oxygen atoms in total. The molecule has 57 valence electrons. The fraction of sp³-hybridized carbons (Fsp3) is 0.333. The fourth-order valence-corrected chi connectivity index (χ4v) is 1.33. The van der Waals surface area contributed by atoms with Crippen LogP contribution in [0.2, 0.25) is 0 Å². The highest BCUT2D eigenvalue weighted by molar-refractivity contribution is 5.19. The van der Waals surface area contributed by atoms with E-state index in [1.165, 1.54) is 0 Å². The lowest BCUT2D eigenvalue weighted by Crippen LogP contribution is -2.28. The number of nitrogens with zero attached hydrogens (tertiary/aromatic N) is 2. The average molecular weight is 147 g/mol. The molecule has 2 rings (SSSR count). The first-order valence-corrected chi connectivity index (χ1v) is 3.94. The molecule has 0 saturated carbocycles. The fourth-order valence-electron chi connectivity index (χ4n) is 1.33. The molecule has 0 aromatic heterocycles. The highest BCUT2D eigenvalue weighted by Gasteiger charge is 2.10. The predicted octanol–water partition coefficient (Wildman–Crippen LogP) is 1.22. The molecule has 0 aliphatic carbocycles. The average Bonchev–Trinajstić information content (AvgIpc) is 2.58. The molecule has 0 bridgehead atoms. The zero-order chi connectivity index (χ0) is 7.52. The molecule has 0 atom stereocenters. The Morgan fingerprint density at radius 3 is 3.00 bits per heavy atom. The zero-order valence-corrected chi connectivity index (χ0v) is 6.40. The van der Waals surface area contributed by atoms with Crippen molar-refractivity contribution in [2.45, 2.75) is 6.42 Å². The van der Waals surface area contributed by atoms with E-state index in [4.69, 9.17) is 0 Å². The van der Waals surface area contributed by atoms with Crippen LogP contribution >= 0.6 is 0 Å². The summed E-state index contributed by atoms with van der Waals surface area (Å²) in [6.45, 7) is 2.12. The van der Waals surface area contributed by atoms with E-state index < -0.39 is 0 Å². The van der Waals surface area contributed by atoms with Gasteiger partial charge in [-0.3, -0.25) is 0 Å². The zero-order valence-electron chi connectivity index (χ0n) is 6.40. The summed E-state index contributed by atoms with van der Waals surface area (Å²) < 4.78 is 0. The largest absolute Gasteiger partial charge is 0.353 e. The molecule has 0 amide bonds. The molecule has 2 aliphatic rings. The molecule has 0 unspecified atom stereocenters. The molecule has 0 fully saturated rings. The first kappa shape index (κ1) is 6.53. The summed E-state index contributed by atoms with van der Waals surface area (Å²) in [4.78, 5) is 2.28. The predicted molar refractivity (Wildman–Crippen MR) is 44.7 cm³/mol. The Labute approximate surface area is 66.9 Å². The molecule has 2 heterocycles. The van der Waals surface area contributed by atoms with Crippen molar-refractivity contribution in [2.24, 2.45) is 0 Å². The molecule has 0 aromatic carbocycles. The highest BCUT2D eigenvalue weighted by atomic mass is 15.2. The summed E-state index contributed by atoms with van der Waals surface area (Å²) in [5, 5.41) is 4.23. The van der Waals surface area contributed by atoms with Crippen LogP contribution in [0, 0.1) is 0 Å². The van der Waals surface area contributed by atoms with Gasteiger partial charge in [-0.15, -0.1) is 0 Å². The Hall–Kier alpha value is -1.18. The monoisotopic (exact) mass is 147 g/mol. The first-order chi connectivity index (χ1) is 5.47. The van der Waals surface area contributed by atoms with E-state index in [1.807, 2.05) is 12.3 Å². The Bertz CT molecular complexity index is 226. The molecule has 1 radical (unpaired) electrons. The molecule has 0 aromatic rings. The van der Waals surface area contributed by atoms with Gasteiger partial charge in [-0.1, -0.05) is 12.2 Å². The van der Waals surface area contributed by atoms with Crippen molar-refractivity contribution in [2.75, 3.05) is 13.1 Å². The van der Waals surface area contributed by atoms with Crippen LogP contribution in [-0.4, -0.2) is 18.0 Å². The van der Waals surface area contributed by atoms with E-state index in [0.29, 0.717) is 0 Å². The maximum atomic E-state index is 4.23. The van der Waals surface area contributed by atoms with E-state index in [2.05, 4.69) is 28.4 Å². The quantitative estimate of drug-likeness (QED) is 0.510. The molecule has 2 heteroatoms. The number of hydrogen-bond donors (Lipinski definition) is 0. The van der Waals surface area contributed by atoms with Gasteiger partial charge in [0, 0.05) is 19.3 Å². The van der Waals surface area contributed by atoms with Crippen LogP contribution in [0.15, 0.2) is 36.3 Å². The van der Waals surface area contributed by atoms with Crippen LogP contribution in [0.3, 0.4) is 0 Å². The standard InChI is InChI=1S/C9H11N2/c1-2-7-11(8-3-1)9-5-4-6-10-9/h1-2,4-6H,3,7-8H2. The van der Waals surface area contributed by atoms with Gasteiger partial charge < -0.3 is 4.90 Å². The molecular formula is C9H11N2. The SMILES string of the molecule is C1=C[N]C(N2CC=CCC2)=C1. The minimum atomic E-state index is 1.01. The molecule has 0 spiro atoms. The lowest BCUT2D eigenvalue weighted by atomic mass is 10.2. The third kappa shape index (κ3) is 1.29. The van der Waals surface area contributed by atoms with Gasteiger partial charge in [0.1, 0.15) is 5.82 Å². The number of allylic oxidation sites excluding steroid dienone is 2. The second-order valence-electron chi connectivity index (χ2n) is 2.70. The van der Waals surface area contributed by atoms with Crippen molar-refractivity contribution in [3.8, 4) is 0 Å². The van der Waals surface area contributed by atoms with Gasteiger partial charge in [-0.25, -0.2) is 5.32 Å². The topological polar surface area (TPSA) is 17.3 Å². The lowest BCUT2D eigenvalue weighted by molar-refractivity contribution is 0.358. The van der Waals surface area contributed by atoms with Crippen LogP contribution in [-0.2, 0) is 0 Å². The van der Waals surface area contributed by atoms with Crippen LogP contribution in [0.1, 0.15) is 6.42 Å². The van der Waals surface area contributed by atoms with E-state index in [9.17, 15) is 0 Å². The van der Waals surface area contributed by atoms with Gasteiger partial charge >= 0.3 is 0 Å². The van der Waals surface area contributed by atoms with Gasteiger partial charge in [0.25, 0.3) is 0 Å². The number of rotatable bonds is 1. The summed E-state index contributed by atoms with van der Waals surface area (Å²) in [6, 6.07) is 0. The normalized spacial score (nSPS) is 21.8. The molecule has 11 heavy (non-hydrogen) atoms. The third-order valence-corrected chi connectivity index (χ3v) is 1.92. The van der Waals surface area contributed by atoms with Crippen molar-refractivity contribution in [3.63, 3.8) is 0 Å². The van der Waals surface area contributed by atoms with Crippen LogP contribution in [0.25, 0.3) is 0 Å². The molecule has 0 N–H and O–H groups in total. The van der Waals surface area contributed by atoms with Gasteiger partial charge in [-0.05, 0) is 18.6 Å². The summed E-state index contributed by atoms with van der Waals surface area (Å²) in [7, 11) is 0. The maximum Gasteiger partial charge on any atom is 0.128 e. The Morgan fingerprint density at radius 2 is 2.36 bits per heavy atom. The first-order valence-electron chi connectivity index (χ1n) is 3.94. The lowest BCUT2D eigenvalue weighted by Gasteiger charge is -2.25. The summed E-state index contributed by atoms with van der Waals surface area (Å²) >= 11 is 0. The van der Waals surface area contributed by atoms with Crippen molar-refractivity contribution in [1.29, 1.82) is 0 Å². The van der Waals surface area contributed by atoms with Crippen molar-refractivity contribution in [3.05, 3.63) is 36.3 Å². The third-order valence-electron chi connectivity index (χ3n) is 1.92. The summed E-state index contributed by atoms with van der Waals surface area (Å²) in [6.07, 6.45) is 11.4. The maximum absolute atomic E-state index is 4.23. The van der Waals surface area contributed by atoms with E-state index in [-0.39, 0.29) is 0 Å². The van der Waals surface area contributed by atoms with Gasteiger partial charge in [0.2, 0.25) is 0 Å². The van der Waals surface area contributed by atoms with Crippen LogP contribution in [0.4, 0.5) is 0 Å². The smallest absolute Gasteiger partial charge is 0.128 e. The van der Waals surface area contributed by atoms with Crippen LogP contribution in [0.5, 0.6) is 0 Å². The van der Waals surface area contributed by atoms with E-state index >= 15 is 0 Å². The van der Waals surface area contributed by atoms with E-state index in [1.54, 1.807) is 0 Å². The second kappa shape index (κ2) is 2.82. The molecular weight excluding hydrogens is 136 g/mol. The Morgan fingerprint density at radius 1 is 1.36 bits per heavy atom. The highest BCUT2D eigenvalue weighted by Crippen LogP contribution is 2.11. The second-order valence-corrected chi connectivity index (χ2v) is 2.70. The summed E-state index contributed by atoms with van der Waals surface area (Å²) in [5.41, 5.74) is 0. The van der Waals surface area contributed by atoms with Gasteiger partial charge in [0.05, 0.1) is 0 Å². The Balaban J connectivity index is 2.00. The molecule has 2 aliphatic heterocycles. The molecule has 0 saturated heterocycles. The summed E-state index contributed by atoms with van der Waals surface area (Å²) in [5.74, 6) is 1.11. The van der Waals surface area contributed by atoms with Gasteiger partial charge in [0.15, 0.2) is 0 Å².